The van der Waals surface area contributed by atoms with Crippen molar-refractivity contribution in [3.05, 3.63) is 45.9 Å². The van der Waals surface area contributed by atoms with E-state index in [4.69, 9.17) is 16.3 Å². The van der Waals surface area contributed by atoms with Crippen LogP contribution in [0.25, 0.3) is 0 Å². The molecule has 0 unspecified atom stereocenters. The van der Waals surface area contributed by atoms with Gasteiger partial charge in [-0.05, 0) is 18.4 Å². The van der Waals surface area contributed by atoms with Gasteiger partial charge in [-0.15, -0.1) is 5.10 Å². The maximum atomic E-state index is 6.05. The van der Waals surface area contributed by atoms with Crippen LogP contribution in [0.3, 0.4) is 0 Å². The van der Waals surface area contributed by atoms with Gasteiger partial charge in [-0.3, -0.25) is 4.90 Å². The van der Waals surface area contributed by atoms with Crippen molar-refractivity contribution in [2.45, 2.75) is 32.1 Å². The Morgan fingerprint density at radius 2 is 2.00 bits per heavy atom. The molecule has 2 heterocycles. The zero-order valence-corrected chi connectivity index (χ0v) is 13.3. The van der Waals surface area contributed by atoms with E-state index in [2.05, 4.69) is 26.6 Å². The van der Waals surface area contributed by atoms with E-state index in [9.17, 15) is 0 Å². The highest BCUT2D eigenvalue weighted by Crippen LogP contribution is 2.22. The summed E-state index contributed by atoms with van der Waals surface area (Å²) in [6.07, 6.45) is 2.47. The van der Waals surface area contributed by atoms with Crippen LogP contribution < -0.4 is 0 Å². The average Bonchev–Trinajstić information content (AvgIpc) is 2.93. The van der Waals surface area contributed by atoms with E-state index in [-0.39, 0.29) is 0 Å². The predicted octanol–water partition coefficient (Wildman–Crippen LogP) is 3.37. The Bertz CT molecular complexity index is 555. The van der Waals surface area contributed by atoms with Crippen LogP contribution in [-0.2, 0) is 17.9 Å². The number of halogens is 1. The second-order valence-corrected chi connectivity index (χ2v) is 6.62. The quantitative estimate of drug-likeness (QED) is 0.845. The van der Waals surface area contributed by atoms with Crippen molar-refractivity contribution in [1.29, 1.82) is 0 Å². The molecule has 0 radical (unpaired) electrons. The summed E-state index contributed by atoms with van der Waals surface area (Å²) >= 11 is 7.30. The van der Waals surface area contributed by atoms with Crippen LogP contribution in [0.15, 0.2) is 30.3 Å². The summed E-state index contributed by atoms with van der Waals surface area (Å²) < 4.78 is 10.6. The number of likely N-dealkylation sites (tertiary alicyclic amines) is 1. The lowest BCUT2D eigenvalue weighted by Gasteiger charge is -2.31. The molecule has 3 rings (SSSR count). The van der Waals surface area contributed by atoms with Gasteiger partial charge in [-0.1, -0.05) is 46.4 Å². The average molecular weight is 324 g/mol. The van der Waals surface area contributed by atoms with Gasteiger partial charge in [0.1, 0.15) is 10.0 Å². The fraction of sp³-hybridized carbons (Fsp3) is 0.467. The van der Waals surface area contributed by atoms with Crippen LogP contribution >= 0.6 is 23.1 Å². The largest absolute Gasteiger partial charge is 0.373 e. The fourth-order valence-electron chi connectivity index (χ4n) is 2.53. The highest BCUT2D eigenvalue weighted by atomic mass is 35.5. The maximum Gasteiger partial charge on any atom is 0.138 e. The summed E-state index contributed by atoms with van der Waals surface area (Å²) in [5.41, 5.74) is 2.13. The molecule has 2 aromatic rings. The molecule has 1 saturated heterocycles. The summed E-state index contributed by atoms with van der Waals surface area (Å²) in [5.74, 6) is 0. The third kappa shape index (κ3) is 4.23. The minimum Gasteiger partial charge on any atom is -0.373 e. The standard InChI is InChI=1S/C15H18ClN3OS/c16-15-14(17-18-21-15)10-19-8-6-13(7-9-19)20-11-12-4-2-1-3-5-12/h1-5,13H,6-11H2. The Hall–Kier alpha value is -1.01. The first-order chi connectivity index (χ1) is 10.3. The number of hydrogen-bond acceptors (Lipinski definition) is 5. The minimum atomic E-state index is 0.352. The summed E-state index contributed by atoms with van der Waals surface area (Å²) in [4.78, 5) is 2.37. The third-order valence-corrected chi connectivity index (χ3v) is 4.73. The van der Waals surface area contributed by atoms with Crippen LogP contribution in [0.2, 0.25) is 4.34 Å². The van der Waals surface area contributed by atoms with E-state index < -0.39 is 0 Å². The van der Waals surface area contributed by atoms with Gasteiger partial charge in [0.15, 0.2) is 0 Å². The Kier molecular flexibility index (Phi) is 5.19. The molecule has 1 aliphatic rings. The molecule has 0 spiro atoms. The number of benzene rings is 1. The first-order valence-corrected chi connectivity index (χ1v) is 8.31. The Morgan fingerprint density at radius 1 is 1.24 bits per heavy atom. The van der Waals surface area contributed by atoms with Crippen LogP contribution in [0.4, 0.5) is 0 Å². The van der Waals surface area contributed by atoms with Crippen LogP contribution in [0, 0.1) is 0 Å². The van der Waals surface area contributed by atoms with Crippen molar-refractivity contribution in [2.24, 2.45) is 0 Å². The normalized spacial score (nSPS) is 17.2. The predicted molar refractivity (Wildman–Crippen MR) is 84.4 cm³/mol. The van der Waals surface area contributed by atoms with Gasteiger partial charge in [0, 0.05) is 31.2 Å². The topological polar surface area (TPSA) is 38.2 Å². The third-order valence-electron chi connectivity index (χ3n) is 3.75. The van der Waals surface area contributed by atoms with E-state index in [0.29, 0.717) is 17.0 Å². The Balaban J connectivity index is 1.42. The highest BCUT2D eigenvalue weighted by Gasteiger charge is 2.21. The molecule has 21 heavy (non-hydrogen) atoms. The SMILES string of the molecule is Clc1snnc1CN1CCC(OCc2ccccc2)CC1. The molecule has 4 nitrogen and oxygen atoms in total. The molecule has 0 aliphatic carbocycles. The first-order valence-electron chi connectivity index (χ1n) is 7.16. The van der Waals surface area contributed by atoms with E-state index in [1.165, 1.54) is 17.1 Å². The van der Waals surface area contributed by atoms with E-state index >= 15 is 0 Å². The lowest BCUT2D eigenvalue weighted by atomic mass is 10.1. The van der Waals surface area contributed by atoms with Crippen molar-refractivity contribution < 1.29 is 4.74 Å². The van der Waals surface area contributed by atoms with Gasteiger partial charge < -0.3 is 4.74 Å². The molecule has 0 N–H and O–H groups in total. The Morgan fingerprint density at radius 3 is 2.67 bits per heavy atom. The molecule has 1 aromatic carbocycles. The number of ether oxygens (including phenoxy) is 1. The van der Waals surface area contributed by atoms with Gasteiger partial charge >= 0.3 is 0 Å². The number of rotatable bonds is 5. The van der Waals surface area contributed by atoms with Crippen molar-refractivity contribution in [2.75, 3.05) is 13.1 Å². The first kappa shape index (κ1) is 14.9. The van der Waals surface area contributed by atoms with Gasteiger partial charge in [-0.25, -0.2) is 0 Å². The van der Waals surface area contributed by atoms with E-state index in [1.807, 2.05) is 18.2 Å². The molecule has 1 aromatic heterocycles. The van der Waals surface area contributed by atoms with Crippen molar-refractivity contribution in [3.63, 3.8) is 0 Å². The van der Waals surface area contributed by atoms with Gasteiger partial charge in [-0.2, -0.15) is 0 Å². The van der Waals surface area contributed by atoms with Gasteiger partial charge in [0.2, 0.25) is 0 Å². The second kappa shape index (κ2) is 7.31. The molecule has 0 atom stereocenters. The smallest absolute Gasteiger partial charge is 0.138 e. The van der Waals surface area contributed by atoms with Crippen LogP contribution in [0.1, 0.15) is 24.1 Å². The zero-order chi connectivity index (χ0) is 14.5. The lowest BCUT2D eigenvalue weighted by molar-refractivity contribution is -0.00413. The van der Waals surface area contributed by atoms with Crippen LogP contribution in [-0.4, -0.2) is 33.7 Å². The Labute approximate surface area is 133 Å². The molecule has 112 valence electrons. The fourth-order valence-corrected chi connectivity index (χ4v) is 3.14. The summed E-state index contributed by atoms with van der Waals surface area (Å²) in [5, 5.41) is 4.07. The molecular formula is C15H18ClN3OS. The molecule has 0 bridgehead atoms. The molecule has 1 aliphatic heterocycles. The summed E-state index contributed by atoms with van der Waals surface area (Å²) in [6.45, 7) is 3.54. The second-order valence-electron chi connectivity index (χ2n) is 5.27. The van der Waals surface area contributed by atoms with Crippen LogP contribution in [0.5, 0.6) is 0 Å². The maximum absolute atomic E-state index is 6.05. The number of piperidine rings is 1. The molecule has 0 saturated carbocycles. The van der Waals surface area contributed by atoms with E-state index in [0.717, 1.165) is 38.2 Å². The zero-order valence-electron chi connectivity index (χ0n) is 11.7. The van der Waals surface area contributed by atoms with Crippen molar-refractivity contribution in [3.8, 4) is 0 Å². The molecule has 6 heteroatoms. The number of hydrogen-bond donors (Lipinski definition) is 0. The lowest BCUT2D eigenvalue weighted by Crippen LogP contribution is -2.36. The molecular weight excluding hydrogens is 306 g/mol. The van der Waals surface area contributed by atoms with E-state index in [1.54, 1.807) is 0 Å². The molecule has 1 fully saturated rings. The monoisotopic (exact) mass is 323 g/mol. The minimum absolute atomic E-state index is 0.352. The number of aromatic nitrogens is 2. The van der Waals surface area contributed by atoms with Gasteiger partial charge in [0.05, 0.1) is 12.7 Å². The highest BCUT2D eigenvalue weighted by molar-refractivity contribution is 7.10. The van der Waals surface area contributed by atoms with Crippen molar-refractivity contribution >= 4 is 23.1 Å². The summed E-state index contributed by atoms with van der Waals surface area (Å²) in [7, 11) is 0. The van der Waals surface area contributed by atoms with Gasteiger partial charge in [0.25, 0.3) is 0 Å². The summed E-state index contributed by atoms with van der Waals surface area (Å²) in [6, 6.07) is 10.3. The molecule has 0 amide bonds. The number of nitrogens with zero attached hydrogens (tertiary/aromatic N) is 3. The van der Waals surface area contributed by atoms with Crippen molar-refractivity contribution in [1.82, 2.24) is 14.5 Å².